The molecule has 26 heavy (non-hydrogen) atoms. The quantitative estimate of drug-likeness (QED) is 0.900. The van der Waals surface area contributed by atoms with Gasteiger partial charge in [0.2, 0.25) is 0 Å². The highest BCUT2D eigenvalue weighted by atomic mass is 16.2. The Labute approximate surface area is 155 Å². The van der Waals surface area contributed by atoms with E-state index in [2.05, 4.69) is 36.5 Å². The molecule has 138 valence electrons. The first-order valence-corrected chi connectivity index (χ1v) is 9.91. The summed E-state index contributed by atoms with van der Waals surface area (Å²) in [6, 6.07) is 10.9. The van der Waals surface area contributed by atoms with Crippen molar-refractivity contribution in [3.05, 3.63) is 52.8 Å². The van der Waals surface area contributed by atoms with E-state index in [9.17, 15) is 4.79 Å². The molecule has 1 atom stereocenters. The number of fused-ring (bicyclic) bond motifs is 1. The Kier molecular flexibility index (Phi) is 5.07. The highest BCUT2D eigenvalue weighted by Crippen LogP contribution is 2.27. The zero-order valence-corrected chi connectivity index (χ0v) is 15.6. The summed E-state index contributed by atoms with van der Waals surface area (Å²) in [7, 11) is 0. The van der Waals surface area contributed by atoms with Crippen molar-refractivity contribution in [1.82, 2.24) is 20.0 Å². The van der Waals surface area contributed by atoms with E-state index in [0.29, 0.717) is 11.7 Å². The van der Waals surface area contributed by atoms with Gasteiger partial charge in [0.1, 0.15) is 0 Å². The average Bonchev–Trinajstić information content (AvgIpc) is 3.34. The molecule has 1 aliphatic carbocycles. The third kappa shape index (κ3) is 3.40. The second kappa shape index (κ2) is 7.62. The summed E-state index contributed by atoms with van der Waals surface area (Å²) in [5, 5.41) is 8.39. The molecule has 5 nitrogen and oxygen atoms in total. The number of likely N-dealkylation sites (tertiary alicyclic amines) is 1. The van der Waals surface area contributed by atoms with Crippen molar-refractivity contribution < 1.29 is 4.79 Å². The molecule has 1 N–H and O–H groups in total. The largest absolute Gasteiger partial charge is 0.337 e. The number of aromatic nitrogens is 2. The van der Waals surface area contributed by atoms with Crippen LogP contribution in [0, 0.1) is 0 Å². The third-order valence-electron chi connectivity index (χ3n) is 5.68. The predicted octanol–water partition coefficient (Wildman–Crippen LogP) is 2.79. The van der Waals surface area contributed by atoms with Crippen LogP contribution in [-0.4, -0.2) is 39.7 Å². The molecule has 0 bridgehead atoms. The van der Waals surface area contributed by atoms with Crippen LogP contribution in [0.1, 0.15) is 53.5 Å². The molecular formula is C21H28N4O. The average molecular weight is 352 g/mol. The molecule has 5 heteroatoms. The Morgan fingerprint density at radius 2 is 2.00 bits per heavy atom. The van der Waals surface area contributed by atoms with Crippen LogP contribution in [0.5, 0.6) is 0 Å². The fourth-order valence-corrected chi connectivity index (χ4v) is 4.22. The van der Waals surface area contributed by atoms with Crippen molar-refractivity contribution in [2.45, 2.75) is 58.2 Å². The highest BCUT2D eigenvalue weighted by molar-refractivity contribution is 5.94. The van der Waals surface area contributed by atoms with Crippen LogP contribution in [0.3, 0.4) is 0 Å². The van der Waals surface area contributed by atoms with Gasteiger partial charge in [0.05, 0.1) is 0 Å². The summed E-state index contributed by atoms with van der Waals surface area (Å²) in [6.07, 6.45) is 5.23. The normalized spacial score (nSPS) is 19.6. The van der Waals surface area contributed by atoms with E-state index in [0.717, 1.165) is 58.3 Å². The highest BCUT2D eigenvalue weighted by Gasteiger charge is 2.31. The van der Waals surface area contributed by atoms with E-state index in [4.69, 9.17) is 5.10 Å². The first-order valence-electron chi connectivity index (χ1n) is 9.91. The van der Waals surface area contributed by atoms with Crippen LogP contribution in [0.4, 0.5) is 0 Å². The van der Waals surface area contributed by atoms with Crippen LogP contribution in [0.2, 0.25) is 0 Å². The standard InChI is InChI=1S/C21H28N4O/c1-2-25-19-11-10-17(22-15-16-8-4-3-5-9-16)14-18(19)20(23-25)21(26)24-12-6-7-13-24/h3-5,8-9,17,22H,2,6-7,10-15H2,1H3. The number of hydrogen-bond acceptors (Lipinski definition) is 3. The summed E-state index contributed by atoms with van der Waals surface area (Å²) in [6.45, 7) is 5.57. The SMILES string of the molecule is CCn1nc(C(=O)N2CCCC2)c2c1CCC(NCc1ccccc1)C2. The second-order valence-corrected chi connectivity index (χ2v) is 7.40. The molecule has 1 fully saturated rings. The predicted molar refractivity (Wildman–Crippen MR) is 102 cm³/mol. The number of hydrogen-bond donors (Lipinski definition) is 1. The van der Waals surface area contributed by atoms with Crippen LogP contribution in [0.15, 0.2) is 30.3 Å². The fraction of sp³-hybridized carbons (Fsp3) is 0.524. The van der Waals surface area contributed by atoms with Gasteiger partial charge in [-0.3, -0.25) is 9.48 Å². The zero-order chi connectivity index (χ0) is 17.9. The lowest BCUT2D eigenvalue weighted by Gasteiger charge is -2.25. The van der Waals surface area contributed by atoms with Gasteiger partial charge < -0.3 is 10.2 Å². The molecule has 2 heterocycles. The topological polar surface area (TPSA) is 50.2 Å². The van der Waals surface area contributed by atoms with Gasteiger partial charge >= 0.3 is 0 Å². The lowest BCUT2D eigenvalue weighted by Crippen LogP contribution is -2.35. The van der Waals surface area contributed by atoms with E-state index < -0.39 is 0 Å². The van der Waals surface area contributed by atoms with Crippen LogP contribution < -0.4 is 5.32 Å². The minimum Gasteiger partial charge on any atom is -0.337 e. The number of benzene rings is 1. The molecule has 1 aliphatic heterocycles. The second-order valence-electron chi connectivity index (χ2n) is 7.40. The number of nitrogens with zero attached hydrogens (tertiary/aromatic N) is 3. The summed E-state index contributed by atoms with van der Waals surface area (Å²) in [5.74, 6) is 0.134. The zero-order valence-electron chi connectivity index (χ0n) is 15.6. The van der Waals surface area contributed by atoms with Gasteiger partial charge in [0.25, 0.3) is 5.91 Å². The number of carbonyl (C=O) groups is 1. The Bertz CT molecular complexity index is 762. The molecule has 1 amide bonds. The number of amides is 1. The van der Waals surface area contributed by atoms with E-state index in [1.54, 1.807) is 0 Å². The number of aryl methyl sites for hydroxylation is 1. The van der Waals surface area contributed by atoms with Crippen molar-refractivity contribution in [2.24, 2.45) is 0 Å². The third-order valence-corrected chi connectivity index (χ3v) is 5.68. The molecule has 2 aliphatic rings. The maximum absolute atomic E-state index is 13.0. The van der Waals surface area contributed by atoms with E-state index in [1.165, 1.54) is 16.8 Å². The molecule has 4 rings (SSSR count). The van der Waals surface area contributed by atoms with Gasteiger partial charge in [-0.25, -0.2) is 0 Å². The summed E-state index contributed by atoms with van der Waals surface area (Å²) < 4.78 is 2.05. The molecule has 0 saturated carbocycles. The molecule has 0 spiro atoms. The van der Waals surface area contributed by atoms with Gasteiger partial charge in [0, 0.05) is 43.5 Å². The Morgan fingerprint density at radius 1 is 1.23 bits per heavy atom. The first-order chi connectivity index (χ1) is 12.8. The minimum atomic E-state index is 0.134. The van der Waals surface area contributed by atoms with Gasteiger partial charge in [-0.2, -0.15) is 5.10 Å². The Balaban J connectivity index is 1.51. The number of rotatable bonds is 5. The van der Waals surface area contributed by atoms with Crippen LogP contribution in [0.25, 0.3) is 0 Å². The summed E-state index contributed by atoms with van der Waals surface area (Å²) >= 11 is 0. The molecule has 0 radical (unpaired) electrons. The van der Waals surface area contributed by atoms with Crippen molar-refractivity contribution in [1.29, 1.82) is 0 Å². The Morgan fingerprint density at radius 3 is 2.73 bits per heavy atom. The van der Waals surface area contributed by atoms with E-state index >= 15 is 0 Å². The Hall–Kier alpha value is -2.14. The lowest BCUT2D eigenvalue weighted by molar-refractivity contribution is 0.0785. The molecule has 2 aromatic rings. The fourth-order valence-electron chi connectivity index (χ4n) is 4.22. The molecule has 1 saturated heterocycles. The molecule has 1 aromatic carbocycles. The maximum Gasteiger partial charge on any atom is 0.274 e. The van der Waals surface area contributed by atoms with Crippen LogP contribution >= 0.6 is 0 Å². The van der Waals surface area contributed by atoms with Gasteiger partial charge in [-0.05, 0) is 44.6 Å². The summed E-state index contributed by atoms with van der Waals surface area (Å²) in [5.41, 5.74) is 4.46. The first kappa shape index (κ1) is 17.3. The lowest BCUT2D eigenvalue weighted by atomic mass is 9.91. The monoisotopic (exact) mass is 352 g/mol. The van der Waals surface area contributed by atoms with Crippen molar-refractivity contribution in [3.63, 3.8) is 0 Å². The van der Waals surface area contributed by atoms with Crippen molar-refractivity contribution in [3.8, 4) is 0 Å². The van der Waals surface area contributed by atoms with E-state index in [-0.39, 0.29) is 5.91 Å². The van der Waals surface area contributed by atoms with Gasteiger partial charge in [0.15, 0.2) is 5.69 Å². The van der Waals surface area contributed by atoms with E-state index in [1.807, 2.05) is 15.6 Å². The van der Waals surface area contributed by atoms with Crippen molar-refractivity contribution >= 4 is 5.91 Å². The van der Waals surface area contributed by atoms with Crippen molar-refractivity contribution in [2.75, 3.05) is 13.1 Å². The van der Waals surface area contributed by atoms with Gasteiger partial charge in [-0.1, -0.05) is 30.3 Å². The molecule has 1 aromatic heterocycles. The summed E-state index contributed by atoms with van der Waals surface area (Å²) in [4.78, 5) is 14.9. The maximum atomic E-state index is 13.0. The minimum absolute atomic E-state index is 0.134. The smallest absolute Gasteiger partial charge is 0.274 e. The molecule has 1 unspecified atom stereocenters. The number of nitrogens with one attached hydrogen (secondary N) is 1. The molecular weight excluding hydrogens is 324 g/mol. The number of carbonyl (C=O) groups excluding carboxylic acids is 1. The van der Waals surface area contributed by atoms with Gasteiger partial charge in [-0.15, -0.1) is 0 Å². The van der Waals surface area contributed by atoms with Crippen LogP contribution in [-0.2, 0) is 25.9 Å².